The fourth-order valence-corrected chi connectivity index (χ4v) is 2.35. The second-order valence-electron chi connectivity index (χ2n) is 5.41. The normalized spacial score (nSPS) is 12.9. The molecule has 1 aliphatic heterocycles. The minimum Gasteiger partial charge on any atom is -0.478 e. The van der Waals surface area contributed by atoms with Crippen molar-refractivity contribution in [2.45, 2.75) is 6.42 Å². The zero-order valence-electron chi connectivity index (χ0n) is 14.0. The molecule has 1 aromatic heterocycles. The third-order valence-electron chi connectivity index (χ3n) is 3.65. The van der Waals surface area contributed by atoms with Crippen LogP contribution in [0.4, 0.5) is 0 Å². The Labute approximate surface area is 149 Å². The minimum absolute atomic E-state index is 0.0887. The smallest absolute Gasteiger partial charge is 0.365 e. The quantitative estimate of drug-likeness (QED) is 0.552. The lowest BCUT2D eigenvalue weighted by Crippen LogP contribution is -2.32. The van der Waals surface area contributed by atoms with E-state index in [9.17, 15) is 14.4 Å². The molecule has 0 unspecified atom stereocenters. The number of fused-ring (bicyclic) bond motifs is 1. The van der Waals surface area contributed by atoms with Gasteiger partial charge in [-0.25, -0.2) is 9.78 Å². The molecule has 0 fully saturated rings. The summed E-state index contributed by atoms with van der Waals surface area (Å²) in [5.74, 6) is -1.87. The van der Waals surface area contributed by atoms with Gasteiger partial charge in [0.25, 0.3) is 11.8 Å². The molecule has 0 atom stereocenters. The van der Waals surface area contributed by atoms with Gasteiger partial charge in [-0.1, -0.05) is 17.2 Å². The molecule has 26 heavy (non-hydrogen) atoms. The van der Waals surface area contributed by atoms with Gasteiger partial charge >= 0.3 is 5.97 Å². The maximum absolute atomic E-state index is 12.2. The number of rotatable bonds is 7. The van der Waals surface area contributed by atoms with Crippen molar-refractivity contribution in [2.24, 2.45) is 0 Å². The van der Waals surface area contributed by atoms with Crippen molar-refractivity contribution in [3.63, 3.8) is 0 Å². The summed E-state index contributed by atoms with van der Waals surface area (Å²) in [6.07, 6.45) is 1.97. The van der Waals surface area contributed by atoms with E-state index in [0.29, 0.717) is 30.6 Å². The van der Waals surface area contributed by atoms with Gasteiger partial charge in [0.2, 0.25) is 5.88 Å². The van der Waals surface area contributed by atoms with Crippen molar-refractivity contribution in [1.82, 2.24) is 10.0 Å². The number of carbonyl (C=O) groups excluding carboxylic acids is 3. The Morgan fingerprint density at radius 3 is 2.31 bits per heavy atom. The lowest BCUT2D eigenvalue weighted by Gasteiger charge is -2.12. The van der Waals surface area contributed by atoms with Crippen molar-refractivity contribution in [1.29, 1.82) is 0 Å². The molecular formula is C18H16N2O6. The summed E-state index contributed by atoms with van der Waals surface area (Å²) in [5, 5.41) is 0.460. The molecule has 0 saturated heterocycles. The predicted molar refractivity (Wildman–Crippen MR) is 88.6 cm³/mol. The molecule has 2 aromatic rings. The van der Waals surface area contributed by atoms with Crippen molar-refractivity contribution in [3.8, 4) is 5.88 Å². The lowest BCUT2D eigenvalue weighted by molar-refractivity contribution is -0.0584. The molecule has 8 heteroatoms. The lowest BCUT2D eigenvalue weighted by atomic mass is 10.1. The molecular weight excluding hydrogens is 340 g/mol. The average molecular weight is 356 g/mol. The summed E-state index contributed by atoms with van der Waals surface area (Å²) in [4.78, 5) is 45.5. The Bertz CT molecular complexity index is 799. The van der Waals surface area contributed by atoms with Gasteiger partial charge in [-0.3, -0.25) is 9.59 Å². The Balaban J connectivity index is 1.62. The number of amides is 2. The number of nitrogens with zero attached hydrogens (tertiary/aromatic N) is 2. The summed E-state index contributed by atoms with van der Waals surface area (Å²) in [6.45, 7) is 1.00. The van der Waals surface area contributed by atoms with Crippen LogP contribution in [0.5, 0.6) is 5.88 Å². The zero-order valence-corrected chi connectivity index (χ0v) is 14.0. The van der Waals surface area contributed by atoms with Gasteiger partial charge in [0.05, 0.1) is 23.3 Å². The molecule has 1 aliphatic rings. The molecule has 0 aliphatic carbocycles. The summed E-state index contributed by atoms with van der Waals surface area (Å²) in [6, 6.07) is 9.21. The maximum atomic E-state index is 12.2. The first kappa shape index (κ1) is 17.6. The van der Waals surface area contributed by atoms with Crippen LogP contribution in [0.15, 0.2) is 42.6 Å². The van der Waals surface area contributed by atoms with Gasteiger partial charge < -0.3 is 14.3 Å². The van der Waals surface area contributed by atoms with E-state index in [-0.39, 0.29) is 16.7 Å². The molecule has 2 heterocycles. The molecule has 3 rings (SSSR count). The van der Waals surface area contributed by atoms with E-state index in [1.54, 1.807) is 19.2 Å². The number of benzene rings is 1. The molecule has 0 radical (unpaired) electrons. The third-order valence-corrected chi connectivity index (χ3v) is 3.65. The molecule has 1 aromatic carbocycles. The van der Waals surface area contributed by atoms with Crippen LogP contribution < -0.4 is 4.74 Å². The van der Waals surface area contributed by atoms with Crippen LogP contribution in [0.1, 0.15) is 37.5 Å². The van der Waals surface area contributed by atoms with Crippen molar-refractivity contribution >= 4 is 17.8 Å². The number of hydrogen-bond acceptors (Lipinski definition) is 7. The van der Waals surface area contributed by atoms with Crippen molar-refractivity contribution < 1.29 is 28.7 Å². The van der Waals surface area contributed by atoms with Gasteiger partial charge in [-0.2, -0.15) is 0 Å². The van der Waals surface area contributed by atoms with E-state index in [1.165, 1.54) is 30.5 Å². The summed E-state index contributed by atoms with van der Waals surface area (Å²) >= 11 is 0. The second-order valence-corrected chi connectivity index (χ2v) is 5.41. The average Bonchev–Trinajstić information content (AvgIpc) is 2.91. The van der Waals surface area contributed by atoms with E-state index in [4.69, 9.17) is 14.3 Å². The van der Waals surface area contributed by atoms with Crippen molar-refractivity contribution in [3.05, 3.63) is 59.3 Å². The first-order valence-corrected chi connectivity index (χ1v) is 7.89. The van der Waals surface area contributed by atoms with E-state index >= 15 is 0 Å². The third kappa shape index (κ3) is 3.55. The summed E-state index contributed by atoms with van der Waals surface area (Å²) < 4.78 is 10.3. The number of ether oxygens (including phenoxy) is 2. The predicted octanol–water partition coefficient (Wildman–Crippen LogP) is 1.86. The number of hydroxylamine groups is 2. The molecule has 134 valence electrons. The van der Waals surface area contributed by atoms with Gasteiger partial charge in [0.15, 0.2) is 0 Å². The monoisotopic (exact) mass is 356 g/mol. The van der Waals surface area contributed by atoms with Crippen LogP contribution in [-0.2, 0) is 9.57 Å². The van der Waals surface area contributed by atoms with Gasteiger partial charge in [0, 0.05) is 32.4 Å². The zero-order chi connectivity index (χ0) is 18.5. The Kier molecular flexibility index (Phi) is 5.23. The first-order chi connectivity index (χ1) is 12.6. The van der Waals surface area contributed by atoms with E-state index < -0.39 is 17.8 Å². The highest BCUT2D eigenvalue weighted by atomic mass is 16.7. The van der Waals surface area contributed by atoms with E-state index in [2.05, 4.69) is 4.98 Å². The topological polar surface area (TPSA) is 95.0 Å². The number of imide groups is 1. The first-order valence-electron chi connectivity index (χ1n) is 7.89. The molecule has 0 saturated carbocycles. The highest BCUT2D eigenvalue weighted by Crippen LogP contribution is 2.23. The number of aromatic nitrogens is 1. The van der Waals surface area contributed by atoms with Gasteiger partial charge in [-0.15, -0.1) is 0 Å². The standard InChI is InChI=1S/C18H16N2O6/c1-24-9-4-10-25-15-8-7-12(11-19-15)18(23)26-20-16(21)13-5-2-3-6-14(13)17(20)22/h2-3,5-8,11H,4,9-10H2,1H3. The van der Waals surface area contributed by atoms with Crippen molar-refractivity contribution in [2.75, 3.05) is 20.3 Å². The van der Waals surface area contributed by atoms with Gasteiger partial charge in [-0.05, 0) is 18.2 Å². The second kappa shape index (κ2) is 7.75. The number of methoxy groups -OCH3 is 1. The highest BCUT2D eigenvalue weighted by molar-refractivity contribution is 6.21. The van der Waals surface area contributed by atoms with Crippen LogP contribution in [0.25, 0.3) is 0 Å². The highest BCUT2D eigenvalue weighted by Gasteiger charge is 2.38. The SMILES string of the molecule is COCCCOc1ccc(C(=O)ON2C(=O)c3ccccc3C2=O)cn1. The Morgan fingerprint density at radius 1 is 1.04 bits per heavy atom. The van der Waals surface area contributed by atoms with Crippen LogP contribution >= 0.6 is 0 Å². The van der Waals surface area contributed by atoms with Crippen LogP contribution in [0, 0.1) is 0 Å². The largest absolute Gasteiger partial charge is 0.478 e. The fourth-order valence-electron chi connectivity index (χ4n) is 2.35. The Hall–Kier alpha value is -3.26. The fraction of sp³-hybridized carbons (Fsp3) is 0.222. The molecule has 0 spiro atoms. The molecule has 2 amide bonds. The van der Waals surface area contributed by atoms with E-state index in [0.717, 1.165) is 0 Å². The maximum Gasteiger partial charge on any atom is 0.365 e. The van der Waals surface area contributed by atoms with E-state index in [1.807, 2.05) is 0 Å². The Morgan fingerprint density at radius 2 is 1.73 bits per heavy atom. The minimum atomic E-state index is -0.863. The van der Waals surface area contributed by atoms with Crippen LogP contribution in [0.3, 0.4) is 0 Å². The van der Waals surface area contributed by atoms with Crippen LogP contribution in [0.2, 0.25) is 0 Å². The summed E-state index contributed by atoms with van der Waals surface area (Å²) in [5.41, 5.74) is 0.484. The number of hydrogen-bond donors (Lipinski definition) is 0. The molecule has 0 N–H and O–H groups in total. The molecule has 8 nitrogen and oxygen atoms in total. The number of pyridine rings is 1. The summed E-state index contributed by atoms with van der Waals surface area (Å²) in [7, 11) is 1.60. The number of carbonyl (C=O) groups is 3. The molecule has 0 bridgehead atoms. The van der Waals surface area contributed by atoms with Crippen LogP contribution in [-0.4, -0.2) is 48.2 Å². The van der Waals surface area contributed by atoms with Gasteiger partial charge in [0.1, 0.15) is 0 Å².